The van der Waals surface area contributed by atoms with Crippen molar-refractivity contribution in [2.45, 2.75) is 46.2 Å². The molecule has 4 heterocycles. The first-order chi connectivity index (χ1) is 22.4. The lowest BCUT2D eigenvalue weighted by Gasteiger charge is -2.25. The molecule has 0 fully saturated rings. The second-order valence-electron chi connectivity index (χ2n) is 11.2. The van der Waals surface area contributed by atoms with Gasteiger partial charge < -0.3 is 18.8 Å². The first-order valence-electron chi connectivity index (χ1n) is 15.3. The predicted molar refractivity (Wildman–Crippen MR) is 179 cm³/mol. The maximum absolute atomic E-state index is 14.4. The van der Waals surface area contributed by atoms with E-state index in [2.05, 4.69) is 23.6 Å². The largest absolute Gasteiger partial charge is 0.463 e. The van der Waals surface area contributed by atoms with Gasteiger partial charge in [-0.2, -0.15) is 0 Å². The molecule has 5 aromatic rings. The molecule has 10 heteroatoms. The van der Waals surface area contributed by atoms with Gasteiger partial charge in [-0.15, -0.1) is 0 Å². The molecule has 3 aromatic carbocycles. The minimum absolute atomic E-state index is 0.118. The van der Waals surface area contributed by atoms with Crippen molar-refractivity contribution in [3.63, 3.8) is 0 Å². The Bertz CT molecular complexity index is 2230. The van der Waals surface area contributed by atoms with Gasteiger partial charge in [-0.05, 0) is 61.7 Å². The van der Waals surface area contributed by atoms with Crippen molar-refractivity contribution >= 4 is 45.9 Å². The maximum Gasteiger partial charge on any atom is 0.338 e. The molecule has 2 aliphatic rings. The molecule has 0 saturated carbocycles. The van der Waals surface area contributed by atoms with E-state index >= 15 is 0 Å². The maximum atomic E-state index is 14.4. The Morgan fingerprint density at radius 1 is 1.09 bits per heavy atom. The summed E-state index contributed by atoms with van der Waals surface area (Å²) in [5.74, 6) is 0.708. The highest BCUT2D eigenvalue weighted by Gasteiger charge is 2.35. The number of hydrogen-bond donors (Lipinski definition) is 0. The Balaban J connectivity index is 1.44. The normalized spacial score (nSPS) is 15.7. The summed E-state index contributed by atoms with van der Waals surface area (Å²) in [7, 11) is 0. The summed E-state index contributed by atoms with van der Waals surface area (Å²) in [6, 6.07) is 20.8. The molecule has 0 spiro atoms. The van der Waals surface area contributed by atoms with Crippen LogP contribution in [-0.2, 0) is 16.1 Å². The lowest BCUT2D eigenvalue weighted by Crippen LogP contribution is -2.40. The zero-order valence-electron chi connectivity index (χ0n) is 25.7. The van der Waals surface area contributed by atoms with Gasteiger partial charge in [-0.1, -0.05) is 78.7 Å². The molecule has 2 aliphatic heterocycles. The number of ether oxygens (including phenoxy) is 3. The van der Waals surface area contributed by atoms with Crippen molar-refractivity contribution in [3.05, 3.63) is 125 Å². The number of allylic oxidation sites excluding steroid dienone is 1. The average molecular weight is 654 g/mol. The highest BCUT2D eigenvalue weighted by molar-refractivity contribution is 7.07. The predicted octanol–water partition coefficient (Wildman–Crippen LogP) is 6.27. The summed E-state index contributed by atoms with van der Waals surface area (Å²) in [6.07, 6.45) is 3.29. The molecule has 0 aliphatic carbocycles. The van der Waals surface area contributed by atoms with Gasteiger partial charge in [0.15, 0.2) is 16.3 Å². The zero-order valence-corrected chi connectivity index (χ0v) is 27.3. The van der Waals surface area contributed by atoms with Crippen molar-refractivity contribution in [2.24, 2.45) is 4.99 Å². The molecular formula is C36H32ClN3O5S. The number of carbonyl (C=O) groups excluding carboxylic acids is 1. The smallest absolute Gasteiger partial charge is 0.338 e. The number of esters is 1. The SMILES string of the molecule is CCCC1=C(C(=O)OCC)[C@H](c2ccc3c(c2)OCO3)n2c(s/c(=C\c3c(C)n(Cc4ccccc4Cl)c4ccccc34)c2=O)=N1. The van der Waals surface area contributed by atoms with Crippen molar-refractivity contribution < 1.29 is 19.0 Å². The van der Waals surface area contributed by atoms with Crippen LogP contribution in [0.2, 0.25) is 5.02 Å². The van der Waals surface area contributed by atoms with Gasteiger partial charge in [0.1, 0.15) is 0 Å². The van der Waals surface area contributed by atoms with E-state index in [4.69, 9.17) is 30.8 Å². The lowest BCUT2D eigenvalue weighted by molar-refractivity contribution is -0.139. The van der Waals surface area contributed by atoms with Crippen LogP contribution in [-0.4, -0.2) is 28.5 Å². The van der Waals surface area contributed by atoms with Gasteiger partial charge in [0.05, 0.1) is 28.5 Å². The summed E-state index contributed by atoms with van der Waals surface area (Å²) >= 11 is 7.88. The molecule has 0 radical (unpaired) electrons. The second-order valence-corrected chi connectivity index (χ2v) is 12.6. The van der Waals surface area contributed by atoms with Gasteiger partial charge in [0, 0.05) is 33.7 Å². The number of thiazole rings is 1. The van der Waals surface area contributed by atoms with Crippen molar-refractivity contribution in [1.82, 2.24) is 9.13 Å². The Morgan fingerprint density at radius 3 is 2.67 bits per heavy atom. The molecule has 0 amide bonds. The third kappa shape index (κ3) is 5.13. The third-order valence-corrected chi connectivity index (χ3v) is 9.80. The highest BCUT2D eigenvalue weighted by Crippen LogP contribution is 2.39. The monoisotopic (exact) mass is 653 g/mol. The number of carbonyl (C=O) groups is 1. The van der Waals surface area contributed by atoms with E-state index in [9.17, 15) is 9.59 Å². The fraction of sp³-hybridized carbons (Fsp3) is 0.250. The van der Waals surface area contributed by atoms with Crippen LogP contribution < -0.4 is 24.4 Å². The fourth-order valence-corrected chi connectivity index (χ4v) is 7.49. The van der Waals surface area contributed by atoms with E-state index in [1.54, 1.807) is 11.5 Å². The third-order valence-electron chi connectivity index (χ3n) is 8.45. The average Bonchev–Trinajstić information content (AvgIpc) is 3.72. The van der Waals surface area contributed by atoms with Gasteiger partial charge in [0.25, 0.3) is 5.56 Å². The summed E-state index contributed by atoms with van der Waals surface area (Å²) in [6.45, 7) is 6.79. The topological polar surface area (TPSA) is 84.0 Å². The van der Waals surface area contributed by atoms with Crippen LogP contribution in [0, 0.1) is 6.92 Å². The zero-order chi connectivity index (χ0) is 31.9. The summed E-state index contributed by atoms with van der Waals surface area (Å²) in [5.41, 5.74) is 5.51. The van der Waals surface area contributed by atoms with Gasteiger partial charge in [-0.3, -0.25) is 9.36 Å². The minimum Gasteiger partial charge on any atom is -0.463 e. The Labute approximate surface area is 274 Å². The number of nitrogens with zero attached hydrogens (tertiary/aromatic N) is 3. The lowest BCUT2D eigenvalue weighted by atomic mass is 9.94. The molecule has 1 atom stereocenters. The van der Waals surface area contributed by atoms with Crippen LogP contribution in [0.5, 0.6) is 11.5 Å². The number of para-hydroxylation sites is 1. The van der Waals surface area contributed by atoms with Crippen LogP contribution in [0.15, 0.2) is 87.8 Å². The van der Waals surface area contributed by atoms with Crippen LogP contribution in [0.3, 0.4) is 0 Å². The summed E-state index contributed by atoms with van der Waals surface area (Å²) in [5, 5.41) is 1.74. The van der Waals surface area contributed by atoms with E-state index in [0.717, 1.165) is 39.7 Å². The Morgan fingerprint density at radius 2 is 1.87 bits per heavy atom. The van der Waals surface area contributed by atoms with Crippen molar-refractivity contribution in [1.29, 1.82) is 0 Å². The Hall–Kier alpha value is -4.60. The van der Waals surface area contributed by atoms with Crippen molar-refractivity contribution in [3.8, 4) is 11.5 Å². The van der Waals surface area contributed by atoms with Gasteiger partial charge in [0.2, 0.25) is 6.79 Å². The molecule has 2 aromatic heterocycles. The van der Waals surface area contributed by atoms with Crippen LogP contribution in [0.25, 0.3) is 17.0 Å². The number of halogens is 1. The van der Waals surface area contributed by atoms with E-state index in [-0.39, 0.29) is 19.0 Å². The van der Waals surface area contributed by atoms with E-state index in [1.807, 2.05) is 67.6 Å². The second kappa shape index (κ2) is 12.3. The fourth-order valence-electron chi connectivity index (χ4n) is 6.29. The van der Waals surface area contributed by atoms with Crippen LogP contribution >= 0.6 is 22.9 Å². The summed E-state index contributed by atoms with van der Waals surface area (Å²) < 4.78 is 21.1. The standard InChI is InChI=1S/C36H32ClN3O5S/c1-4-10-27-32(35(42)43-5-2)33(22-15-16-29-30(17-22)45-20-44-29)40-34(41)31(46-36(40)38-27)18-25-21(3)39(28-14-9-7-12-24(25)28)19-23-11-6-8-13-26(23)37/h6-9,11-18,33H,4-5,10,19-20H2,1-3H3/b31-18-/t33-/m0/s1. The first-order valence-corrected chi connectivity index (χ1v) is 16.5. The number of rotatable bonds is 8. The van der Waals surface area contributed by atoms with E-state index in [1.165, 1.54) is 11.3 Å². The van der Waals surface area contributed by atoms with Crippen molar-refractivity contribution in [2.75, 3.05) is 13.4 Å². The molecule has 234 valence electrons. The highest BCUT2D eigenvalue weighted by atomic mass is 35.5. The molecule has 0 bridgehead atoms. The molecule has 0 unspecified atom stereocenters. The number of benzene rings is 3. The van der Waals surface area contributed by atoms with Crippen LogP contribution in [0.4, 0.5) is 0 Å². The Kier molecular flexibility index (Phi) is 8.04. The molecule has 8 nitrogen and oxygen atoms in total. The molecule has 0 N–H and O–H groups in total. The molecular weight excluding hydrogens is 622 g/mol. The summed E-state index contributed by atoms with van der Waals surface area (Å²) in [4.78, 5) is 33.4. The van der Waals surface area contributed by atoms with Gasteiger partial charge in [-0.25, -0.2) is 9.79 Å². The van der Waals surface area contributed by atoms with E-state index in [0.29, 0.717) is 50.1 Å². The molecule has 0 saturated heterocycles. The minimum atomic E-state index is -0.740. The number of fused-ring (bicyclic) bond motifs is 3. The van der Waals surface area contributed by atoms with Crippen LogP contribution in [0.1, 0.15) is 55.1 Å². The van der Waals surface area contributed by atoms with Gasteiger partial charge >= 0.3 is 5.97 Å². The number of aromatic nitrogens is 2. The molecule has 7 rings (SSSR count). The first kappa shape index (κ1) is 30.1. The quantitative estimate of drug-likeness (QED) is 0.184. The van der Waals surface area contributed by atoms with E-state index < -0.39 is 12.0 Å². The number of hydrogen-bond acceptors (Lipinski definition) is 7. The molecule has 46 heavy (non-hydrogen) atoms.